The Morgan fingerprint density at radius 1 is 1.17 bits per heavy atom. The number of ether oxygens (including phenoxy) is 1. The second kappa shape index (κ2) is 7.47. The third-order valence-corrected chi connectivity index (χ3v) is 4.70. The fourth-order valence-corrected chi connectivity index (χ4v) is 3.36. The molecule has 1 heterocycles. The lowest BCUT2D eigenvalue weighted by molar-refractivity contribution is -0.124. The number of cyclic esters (lactones) is 1. The van der Waals surface area contributed by atoms with Gasteiger partial charge in [0.25, 0.3) is 5.91 Å². The number of amides is 2. The van der Waals surface area contributed by atoms with Crippen LogP contribution >= 0.6 is 0 Å². The molecule has 126 valence electrons. The standard InChI is InChI=1S/C20H23NO3/c1-15-19(17-12-6-3-7-13-17)24-20(23)21(15)18(22)14-8-11-16-9-4-2-5-10-16/h3,6-8,11-15,19H,2,4-5,9-10H2,1H3/b14-8+/t15-,19-/m1/s1. The second-order valence-corrected chi connectivity index (χ2v) is 6.41. The first-order valence-electron chi connectivity index (χ1n) is 8.61. The fraction of sp³-hybridized carbons (Fsp3) is 0.400. The smallest absolute Gasteiger partial charge is 0.417 e. The predicted molar refractivity (Wildman–Crippen MR) is 92.3 cm³/mol. The highest BCUT2D eigenvalue weighted by molar-refractivity contribution is 6.00. The molecule has 2 atom stereocenters. The quantitative estimate of drug-likeness (QED) is 0.766. The van der Waals surface area contributed by atoms with Crippen LogP contribution < -0.4 is 0 Å². The van der Waals surface area contributed by atoms with Crippen LogP contribution in [0.15, 0.2) is 54.1 Å². The number of imide groups is 1. The summed E-state index contributed by atoms with van der Waals surface area (Å²) in [6.07, 6.45) is 10.2. The first kappa shape index (κ1) is 16.5. The Bertz CT molecular complexity index is 655. The Morgan fingerprint density at radius 3 is 2.58 bits per heavy atom. The van der Waals surface area contributed by atoms with Crippen LogP contribution in [0.3, 0.4) is 0 Å². The molecule has 0 unspecified atom stereocenters. The van der Waals surface area contributed by atoms with Crippen molar-refractivity contribution >= 4 is 12.0 Å². The van der Waals surface area contributed by atoms with E-state index in [4.69, 9.17) is 4.74 Å². The highest BCUT2D eigenvalue weighted by Crippen LogP contribution is 2.32. The minimum Gasteiger partial charge on any atom is -0.439 e. The normalized spacial score (nSPS) is 24.3. The first-order valence-corrected chi connectivity index (χ1v) is 8.61. The summed E-state index contributed by atoms with van der Waals surface area (Å²) in [5, 5.41) is 0. The zero-order valence-electron chi connectivity index (χ0n) is 14.0. The molecular weight excluding hydrogens is 302 g/mol. The third kappa shape index (κ3) is 3.58. The maximum Gasteiger partial charge on any atom is 0.417 e. The Labute approximate surface area is 142 Å². The Hall–Kier alpha value is -2.36. The molecule has 1 aliphatic heterocycles. The lowest BCUT2D eigenvalue weighted by atomic mass is 9.95. The Balaban J connectivity index is 1.67. The zero-order chi connectivity index (χ0) is 16.9. The summed E-state index contributed by atoms with van der Waals surface area (Å²) in [7, 11) is 0. The predicted octanol–water partition coefficient (Wildman–Crippen LogP) is 4.54. The van der Waals surface area contributed by atoms with E-state index in [9.17, 15) is 9.59 Å². The molecule has 0 aromatic heterocycles. The van der Waals surface area contributed by atoms with E-state index < -0.39 is 12.2 Å². The van der Waals surface area contributed by atoms with E-state index in [1.165, 1.54) is 35.8 Å². The number of carbonyl (C=O) groups excluding carboxylic acids is 2. The number of hydrogen-bond acceptors (Lipinski definition) is 3. The third-order valence-electron chi connectivity index (χ3n) is 4.70. The summed E-state index contributed by atoms with van der Waals surface area (Å²) in [5.41, 5.74) is 2.28. The number of benzene rings is 1. The van der Waals surface area contributed by atoms with Crippen LogP contribution in [0.25, 0.3) is 0 Å². The van der Waals surface area contributed by atoms with Gasteiger partial charge in [0.2, 0.25) is 0 Å². The van der Waals surface area contributed by atoms with Gasteiger partial charge in [0.1, 0.15) is 6.10 Å². The average molecular weight is 325 g/mol. The number of nitrogens with zero attached hydrogens (tertiary/aromatic N) is 1. The molecule has 0 bridgehead atoms. The first-order chi connectivity index (χ1) is 11.7. The van der Waals surface area contributed by atoms with Gasteiger partial charge in [0, 0.05) is 6.08 Å². The lowest BCUT2D eigenvalue weighted by Gasteiger charge is -2.18. The highest BCUT2D eigenvalue weighted by Gasteiger charge is 2.42. The number of rotatable bonds is 3. The van der Waals surface area contributed by atoms with Crippen LogP contribution in [0.5, 0.6) is 0 Å². The van der Waals surface area contributed by atoms with E-state index in [1.54, 1.807) is 6.08 Å². The van der Waals surface area contributed by atoms with Crippen molar-refractivity contribution in [3.8, 4) is 0 Å². The Kier molecular flexibility index (Phi) is 5.14. The SMILES string of the molecule is C[C@@H]1[C@H](c2ccccc2)OC(=O)N1C(=O)/C=C/C=C1CCCCC1. The van der Waals surface area contributed by atoms with E-state index in [-0.39, 0.29) is 11.9 Å². The largest absolute Gasteiger partial charge is 0.439 e. The van der Waals surface area contributed by atoms with Gasteiger partial charge in [-0.05, 0) is 38.2 Å². The molecule has 4 nitrogen and oxygen atoms in total. The van der Waals surface area contributed by atoms with Crippen molar-refractivity contribution in [3.05, 3.63) is 59.7 Å². The topological polar surface area (TPSA) is 46.6 Å². The van der Waals surface area contributed by atoms with Crippen molar-refractivity contribution in [2.24, 2.45) is 0 Å². The van der Waals surface area contributed by atoms with E-state index in [0.29, 0.717) is 0 Å². The molecule has 0 spiro atoms. The number of carbonyl (C=O) groups is 2. The van der Waals surface area contributed by atoms with Crippen molar-refractivity contribution in [1.82, 2.24) is 4.90 Å². The molecule has 0 radical (unpaired) electrons. The summed E-state index contributed by atoms with van der Waals surface area (Å²) < 4.78 is 5.41. The van der Waals surface area contributed by atoms with E-state index in [2.05, 4.69) is 0 Å². The second-order valence-electron chi connectivity index (χ2n) is 6.41. The van der Waals surface area contributed by atoms with E-state index >= 15 is 0 Å². The monoisotopic (exact) mass is 325 g/mol. The van der Waals surface area contributed by atoms with E-state index in [0.717, 1.165) is 18.4 Å². The maximum atomic E-state index is 12.4. The van der Waals surface area contributed by atoms with Gasteiger partial charge in [0.05, 0.1) is 6.04 Å². The summed E-state index contributed by atoms with van der Waals surface area (Å²) in [6.45, 7) is 1.84. The summed E-state index contributed by atoms with van der Waals surface area (Å²) in [6, 6.07) is 9.21. The van der Waals surface area contributed by atoms with Crippen LogP contribution in [0.4, 0.5) is 4.79 Å². The van der Waals surface area contributed by atoms with Gasteiger partial charge in [-0.2, -0.15) is 0 Å². The highest BCUT2D eigenvalue weighted by atomic mass is 16.6. The minimum absolute atomic E-state index is 0.320. The van der Waals surface area contributed by atoms with Crippen molar-refractivity contribution in [1.29, 1.82) is 0 Å². The summed E-state index contributed by atoms with van der Waals surface area (Å²) in [5.74, 6) is -0.321. The van der Waals surface area contributed by atoms with Crippen molar-refractivity contribution in [2.45, 2.75) is 51.2 Å². The summed E-state index contributed by atoms with van der Waals surface area (Å²) >= 11 is 0. The van der Waals surface area contributed by atoms with Gasteiger partial charge in [-0.25, -0.2) is 9.69 Å². The van der Waals surface area contributed by atoms with Gasteiger partial charge in [0.15, 0.2) is 0 Å². The molecule has 2 amide bonds. The van der Waals surface area contributed by atoms with Gasteiger partial charge in [-0.3, -0.25) is 4.79 Å². The molecule has 2 fully saturated rings. The van der Waals surface area contributed by atoms with Crippen LogP contribution in [0, 0.1) is 0 Å². The molecule has 1 aliphatic carbocycles. The molecule has 3 rings (SSSR count). The maximum absolute atomic E-state index is 12.4. The molecular formula is C20H23NO3. The van der Waals surface area contributed by atoms with Crippen LogP contribution in [-0.2, 0) is 9.53 Å². The number of allylic oxidation sites excluding steroid dienone is 3. The van der Waals surface area contributed by atoms with Gasteiger partial charge < -0.3 is 4.74 Å². The minimum atomic E-state index is -0.573. The van der Waals surface area contributed by atoms with Gasteiger partial charge >= 0.3 is 6.09 Å². The molecule has 1 aromatic carbocycles. The average Bonchev–Trinajstić information content (AvgIpc) is 2.91. The molecule has 1 aromatic rings. The molecule has 1 saturated heterocycles. The molecule has 4 heteroatoms. The Morgan fingerprint density at radius 2 is 1.88 bits per heavy atom. The molecule has 2 aliphatic rings. The molecule has 24 heavy (non-hydrogen) atoms. The van der Waals surface area contributed by atoms with Crippen LogP contribution in [-0.4, -0.2) is 22.9 Å². The lowest BCUT2D eigenvalue weighted by Crippen LogP contribution is -2.36. The van der Waals surface area contributed by atoms with Gasteiger partial charge in [-0.15, -0.1) is 0 Å². The van der Waals surface area contributed by atoms with Crippen LogP contribution in [0.1, 0.15) is 50.7 Å². The van der Waals surface area contributed by atoms with Crippen LogP contribution in [0.2, 0.25) is 0 Å². The fourth-order valence-electron chi connectivity index (χ4n) is 3.36. The summed E-state index contributed by atoms with van der Waals surface area (Å²) in [4.78, 5) is 25.7. The number of hydrogen-bond donors (Lipinski definition) is 0. The van der Waals surface area contributed by atoms with Crippen molar-refractivity contribution in [2.75, 3.05) is 0 Å². The zero-order valence-corrected chi connectivity index (χ0v) is 14.0. The van der Waals surface area contributed by atoms with Crippen molar-refractivity contribution in [3.63, 3.8) is 0 Å². The van der Waals surface area contributed by atoms with Crippen molar-refractivity contribution < 1.29 is 14.3 Å². The molecule has 1 saturated carbocycles. The van der Waals surface area contributed by atoms with Gasteiger partial charge in [-0.1, -0.05) is 54.5 Å². The van der Waals surface area contributed by atoms with E-state index in [1.807, 2.05) is 43.3 Å². The molecule has 0 N–H and O–H groups in total.